The van der Waals surface area contributed by atoms with Crippen LogP contribution in [0.3, 0.4) is 0 Å². The second-order valence-corrected chi connectivity index (χ2v) is 11.1. The molecule has 0 bridgehead atoms. The first kappa shape index (κ1) is 26.6. The fraction of sp³-hybridized carbons (Fsp3) is 0.769. The van der Waals surface area contributed by atoms with Crippen molar-refractivity contribution in [2.24, 2.45) is 22.7 Å². The van der Waals surface area contributed by atoms with Gasteiger partial charge in [-0.15, -0.1) is 0 Å². The largest absolute Gasteiger partial charge is 0.465 e. The molecule has 3 fully saturated rings. The van der Waals surface area contributed by atoms with E-state index in [0.29, 0.717) is 37.9 Å². The zero-order valence-corrected chi connectivity index (χ0v) is 21.5. The maximum absolute atomic E-state index is 12.2. The summed E-state index contributed by atoms with van der Waals surface area (Å²) < 4.78 is 28.3. The first-order valence-corrected chi connectivity index (χ1v) is 12.5. The van der Waals surface area contributed by atoms with Crippen molar-refractivity contribution >= 4 is 23.9 Å². The van der Waals surface area contributed by atoms with Crippen LogP contribution >= 0.6 is 0 Å². The highest BCUT2D eigenvalue weighted by Gasteiger charge is 2.77. The number of carbonyl (C=O) groups is 4. The second kappa shape index (κ2) is 9.45. The van der Waals surface area contributed by atoms with Crippen molar-refractivity contribution in [1.29, 1.82) is 0 Å². The van der Waals surface area contributed by atoms with Crippen LogP contribution in [0.25, 0.3) is 0 Å². The van der Waals surface area contributed by atoms with Gasteiger partial charge in [0.2, 0.25) is 0 Å². The highest BCUT2D eigenvalue weighted by atomic mass is 16.6. The Labute approximate surface area is 210 Å². The molecule has 0 radical (unpaired) electrons. The third-order valence-electron chi connectivity index (χ3n) is 8.96. The molecule has 1 spiro atoms. The monoisotopic (exact) mass is 508 g/mol. The Morgan fingerprint density at radius 2 is 1.89 bits per heavy atom. The minimum absolute atomic E-state index is 0.0240. The molecular weight excluding hydrogens is 472 g/mol. The molecule has 10 heteroatoms. The van der Waals surface area contributed by atoms with Gasteiger partial charge in [-0.1, -0.05) is 13.8 Å². The second-order valence-electron chi connectivity index (χ2n) is 11.1. The molecule has 2 unspecified atom stereocenters. The summed E-state index contributed by atoms with van der Waals surface area (Å²) in [5.41, 5.74) is -1.84. The molecule has 2 aliphatic heterocycles. The molecule has 8 atom stereocenters. The average molecular weight is 509 g/mol. The van der Waals surface area contributed by atoms with Crippen molar-refractivity contribution in [3.8, 4) is 0 Å². The molecule has 36 heavy (non-hydrogen) atoms. The Bertz CT molecular complexity index is 968. The Balaban J connectivity index is 1.82. The zero-order chi connectivity index (χ0) is 26.5. The molecule has 2 saturated carbocycles. The summed E-state index contributed by atoms with van der Waals surface area (Å²) in [6, 6.07) is 0. The highest BCUT2D eigenvalue weighted by molar-refractivity contribution is 5.85. The average Bonchev–Trinajstić information content (AvgIpc) is 3.43. The molecule has 0 aromatic carbocycles. The minimum atomic E-state index is -1.000. The lowest BCUT2D eigenvalue weighted by molar-refractivity contribution is -0.255. The zero-order valence-electron chi connectivity index (χ0n) is 21.5. The van der Waals surface area contributed by atoms with E-state index in [1.54, 1.807) is 0 Å². The number of rotatable bonds is 7. The quantitative estimate of drug-likeness (QED) is 0.308. The molecule has 200 valence electrons. The van der Waals surface area contributed by atoms with Crippen molar-refractivity contribution in [2.45, 2.75) is 84.2 Å². The maximum Gasteiger partial charge on any atom is 0.331 e. The van der Waals surface area contributed by atoms with Crippen LogP contribution in [0.5, 0.6) is 0 Å². The van der Waals surface area contributed by atoms with Crippen LogP contribution in [0.2, 0.25) is 0 Å². The molecule has 0 amide bonds. The van der Waals surface area contributed by atoms with Crippen LogP contribution in [0.4, 0.5) is 0 Å². The molecule has 0 aromatic heterocycles. The van der Waals surface area contributed by atoms with E-state index in [1.807, 2.05) is 13.8 Å². The predicted octanol–water partition coefficient (Wildman–Crippen LogP) is 1.86. The van der Waals surface area contributed by atoms with Crippen molar-refractivity contribution < 1.29 is 48.0 Å². The third-order valence-corrected chi connectivity index (χ3v) is 8.96. The molecular formula is C26H36O10. The van der Waals surface area contributed by atoms with Crippen LogP contribution < -0.4 is 0 Å². The van der Waals surface area contributed by atoms with E-state index in [0.717, 1.165) is 0 Å². The summed E-state index contributed by atoms with van der Waals surface area (Å²) in [5, 5.41) is 11.6. The van der Waals surface area contributed by atoms with Crippen molar-refractivity contribution in [3.63, 3.8) is 0 Å². The Hall–Kier alpha value is -2.46. The molecule has 4 aliphatic rings. The molecule has 1 saturated heterocycles. The van der Waals surface area contributed by atoms with Crippen molar-refractivity contribution in [3.05, 3.63) is 11.6 Å². The Morgan fingerprint density at radius 1 is 1.19 bits per heavy atom. The van der Waals surface area contributed by atoms with Crippen LogP contribution in [-0.2, 0) is 42.9 Å². The molecule has 2 heterocycles. The summed E-state index contributed by atoms with van der Waals surface area (Å²) in [7, 11) is 0. The number of hydrogen-bond acceptors (Lipinski definition) is 10. The number of epoxide rings is 1. The van der Waals surface area contributed by atoms with Gasteiger partial charge in [0.25, 0.3) is 0 Å². The lowest BCUT2D eigenvalue weighted by Gasteiger charge is -2.64. The van der Waals surface area contributed by atoms with Crippen LogP contribution in [-0.4, -0.2) is 72.7 Å². The van der Waals surface area contributed by atoms with Gasteiger partial charge in [0.1, 0.15) is 31.0 Å². The molecule has 4 rings (SSSR count). The summed E-state index contributed by atoms with van der Waals surface area (Å²) in [6.07, 6.45) is 0.871. The van der Waals surface area contributed by atoms with Crippen LogP contribution in [0, 0.1) is 22.7 Å². The van der Waals surface area contributed by atoms with Crippen LogP contribution in [0.1, 0.15) is 60.3 Å². The number of ether oxygens (including phenoxy) is 5. The van der Waals surface area contributed by atoms with E-state index < -0.39 is 64.5 Å². The van der Waals surface area contributed by atoms with Crippen molar-refractivity contribution in [1.82, 2.24) is 0 Å². The molecule has 2 aliphatic carbocycles. The van der Waals surface area contributed by atoms with Crippen LogP contribution in [0.15, 0.2) is 11.6 Å². The highest BCUT2D eigenvalue weighted by Crippen LogP contribution is 2.69. The van der Waals surface area contributed by atoms with E-state index in [9.17, 15) is 24.3 Å². The van der Waals surface area contributed by atoms with Gasteiger partial charge in [-0.2, -0.15) is 0 Å². The minimum Gasteiger partial charge on any atom is -0.465 e. The predicted molar refractivity (Wildman–Crippen MR) is 123 cm³/mol. The van der Waals surface area contributed by atoms with Gasteiger partial charge in [-0.3, -0.25) is 14.4 Å². The Kier molecular flexibility index (Phi) is 6.98. The van der Waals surface area contributed by atoms with E-state index in [4.69, 9.17) is 23.7 Å². The van der Waals surface area contributed by atoms with Gasteiger partial charge in [0.15, 0.2) is 0 Å². The topological polar surface area (TPSA) is 138 Å². The van der Waals surface area contributed by atoms with Gasteiger partial charge in [-0.05, 0) is 37.0 Å². The lowest BCUT2D eigenvalue weighted by atomic mass is 9.42. The van der Waals surface area contributed by atoms with Gasteiger partial charge in [-0.25, -0.2) is 4.79 Å². The third kappa shape index (κ3) is 4.42. The number of fused-ring (bicyclic) bond motifs is 2. The number of esters is 4. The maximum atomic E-state index is 12.2. The lowest BCUT2D eigenvalue weighted by Crippen LogP contribution is -2.70. The van der Waals surface area contributed by atoms with Gasteiger partial charge in [0.05, 0.1) is 18.1 Å². The van der Waals surface area contributed by atoms with Gasteiger partial charge >= 0.3 is 23.9 Å². The van der Waals surface area contributed by atoms with Crippen molar-refractivity contribution in [2.75, 3.05) is 19.8 Å². The fourth-order valence-electron chi connectivity index (χ4n) is 7.18. The number of hydrogen-bond donors (Lipinski definition) is 1. The first-order valence-electron chi connectivity index (χ1n) is 12.5. The Morgan fingerprint density at radius 3 is 2.42 bits per heavy atom. The van der Waals surface area contributed by atoms with E-state index >= 15 is 0 Å². The summed E-state index contributed by atoms with van der Waals surface area (Å²) in [6.45, 7) is 8.35. The van der Waals surface area contributed by atoms with E-state index in [1.165, 1.54) is 26.8 Å². The smallest absolute Gasteiger partial charge is 0.331 e. The normalized spacial score (nSPS) is 39.9. The standard InChI is InChI=1S/C26H36O10/c1-14-8-21(36-17(4)29)26(13-33-15(2)27)23(19(30)6-7-25(26)12-34-25)24(14,5)10-20(35-16(3)28)18-9-22(31)32-11-18/h9,14,19-21,23,30H,6-8,10-13H2,1-5H3/t14-,19?,20+,21+,23?,24+,25+,26-/m1/s1. The molecule has 0 aromatic rings. The molecule has 10 nitrogen and oxygen atoms in total. The number of aliphatic hydroxyl groups is 1. The summed E-state index contributed by atoms with van der Waals surface area (Å²) in [4.78, 5) is 48.0. The first-order chi connectivity index (χ1) is 16.8. The number of cyclic esters (lactones) is 1. The van der Waals surface area contributed by atoms with E-state index in [-0.39, 0.29) is 19.1 Å². The summed E-state index contributed by atoms with van der Waals surface area (Å²) >= 11 is 0. The van der Waals surface area contributed by atoms with Gasteiger partial charge < -0.3 is 28.8 Å². The fourth-order valence-corrected chi connectivity index (χ4v) is 7.18. The number of aliphatic hydroxyl groups excluding tert-OH is 1. The van der Waals surface area contributed by atoms with Gasteiger partial charge in [0, 0.05) is 38.3 Å². The van der Waals surface area contributed by atoms with E-state index in [2.05, 4.69) is 0 Å². The number of carbonyl (C=O) groups excluding carboxylic acids is 4. The summed E-state index contributed by atoms with van der Waals surface area (Å²) in [5.74, 6) is -2.56. The SMILES string of the molecule is CC(=O)OC[C@@]12C(C(O)CC[C@]13CO3)[C@@](C)(C[C@H](OC(C)=O)C1=CC(=O)OC1)[C@H](C)C[C@@H]2OC(C)=O. The molecule has 1 N–H and O–H groups in total.